The number of nitrogens with zero attached hydrogens (tertiary/aromatic N) is 5. The van der Waals surface area contributed by atoms with Gasteiger partial charge in [-0.25, -0.2) is 19.6 Å². The van der Waals surface area contributed by atoms with Crippen LogP contribution in [0.15, 0.2) is 54.9 Å². The molecule has 17 heteroatoms. The molecule has 2 saturated heterocycles. The maximum absolute atomic E-state index is 14.0. The number of carbonyl (C=O) groups excluding carboxylic acids is 4. The second-order valence-corrected chi connectivity index (χ2v) is 23.3. The number of benzene rings is 2. The molecule has 0 bridgehead atoms. The average Bonchev–Trinajstić information content (AvgIpc) is 4.09. The molecule has 2 fully saturated rings. The zero-order valence-corrected chi connectivity index (χ0v) is 37.9. The number of fused-ring (bicyclic) bond motifs is 5. The fourth-order valence-corrected chi connectivity index (χ4v) is 12.2. The summed E-state index contributed by atoms with van der Waals surface area (Å²) in [6.07, 6.45) is 4.37. The first-order valence-electron chi connectivity index (χ1n) is 21.4. The van der Waals surface area contributed by atoms with Crippen LogP contribution in [0.3, 0.4) is 0 Å². The minimum Gasteiger partial charge on any atom is -0.470 e. The summed E-state index contributed by atoms with van der Waals surface area (Å²) in [5.74, 6) is 1.68. The SMILES string of the molecule is COC(=O)N[C@H](C(=O)N1CCC[C@H]1c1ncc(-c2ccc3c(c2)OC(C)n2c-3cc3cc(-c4cnc([C@@H]5C[Si](C)(C)CN5C(=O)[C@@H](NC(=O)OC)C(C)C)[nH]4)ccc32)[nH]1)C(C)C. The number of hydrogen-bond donors (Lipinski definition) is 4. The molecule has 0 spiro atoms. The molecule has 16 nitrogen and oxygen atoms in total. The predicted octanol–water partition coefficient (Wildman–Crippen LogP) is 7.56. The van der Waals surface area contributed by atoms with Crippen LogP contribution < -0.4 is 15.4 Å². The van der Waals surface area contributed by atoms with Crippen molar-refractivity contribution in [1.29, 1.82) is 0 Å². The number of nitrogens with one attached hydrogen (secondary N) is 4. The molecule has 328 valence electrons. The van der Waals surface area contributed by atoms with Crippen molar-refractivity contribution in [2.24, 2.45) is 11.8 Å². The molecule has 6 heterocycles. The number of likely N-dealkylation sites (tertiary alicyclic amines) is 1. The standard InChI is InChI=1S/C45H57N9O7Si/c1-24(2)38(50-44(57)59-6)42(55)52-16-10-11-34(52)40-46-21-32(48-40)28-12-14-30-35-18-29-17-27(13-15-33(29)54(35)26(5)61-37(30)19-28)31-20-47-41(49-31)36-22-62(8,9)23-53(36)43(56)39(25(3)4)51-45(58)60-7/h12-15,17-21,24-26,34,36,38-39H,10-11,16,22-23H2,1-9H3,(H,46,48)(H,47,49)(H,50,57)(H,51,58)/t26?,34-,36-,38-,39-/m0/s1. The summed E-state index contributed by atoms with van der Waals surface area (Å²) in [4.78, 5) is 72.2. The Labute approximate surface area is 362 Å². The van der Waals surface area contributed by atoms with E-state index in [-0.39, 0.29) is 42.0 Å². The number of amides is 4. The number of rotatable bonds is 10. The number of alkyl carbamates (subject to hydrolysis) is 2. The molecule has 3 aliphatic heterocycles. The van der Waals surface area contributed by atoms with E-state index in [2.05, 4.69) is 74.7 Å². The first-order chi connectivity index (χ1) is 29.6. The number of hydrogen-bond acceptors (Lipinski definition) is 9. The van der Waals surface area contributed by atoms with Gasteiger partial charge in [-0.3, -0.25) is 9.59 Å². The first kappa shape index (κ1) is 42.6. The Bertz CT molecular complexity index is 2520. The van der Waals surface area contributed by atoms with Crippen LogP contribution in [-0.2, 0) is 19.1 Å². The Kier molecular flexibility index (Phi) is 11.4. The van der Waals surface area contributed by atoms with Crippen LogP contribution >= 0.6 is 0 Å². The Morgan fingerprint density at radius 2 is 1.39 bits per heavy atom. The highest BCUT2D eigenvalue weighted by atomic mass is 28.3. The molecule has 4 amide bonds. The van der Waals surface area contributed by atoms with E-state index in [1.807, 2.05) is 51.8 Å². The van der Waals surface area contributed by atoms with E-state index in [1.165, 1.54) is 14.2 Å². The lowest BCUT2D eigenvalue weighted by molar-refractivity contribution is -0.136. The molecule has 3 aromatic heterocycles. The lowest BCUT2D eigenvalue weighted by Gasteiger charge is -2.30. The topological polar surface area (TPSA) is 189 Å². The predicted molar refractivity (Wildman–Crippen MR) is 237 cm³/mol. The number of methoxy groups -OCH3 is 2. The van der Waals surface area contributed by atoms with Crippen molar-refractivity contribution >= 4 is 43.0 Å². The zero-order valence-electron chi connectivity index (χ0n) is 36.9. The van der Waals surface area contributed by atoms with E-state index in [0.717, 1.165) is 75.1 Å². The van der Waals surface area contributed by atoms with Crippen molar-refractivity contribution < 1.29 is 33.4 Å². The minimum absolute atomic E-state index is 0.121. The van der Waals surface area contributed by atoms with Gasteiger partial charge in [0.05, 0.1) is 69.4 Å². The van der Waals surface area contributed by atoms with E-state index in [0.29, 0.717) is 18.5 Å². The van der Waals surface area contributed by atoms with E-state index in [1.54, 1.807) is 11.1 Å². The number of imidazole rings is 2. The van der Waals surface area contributed by atoms with Crippen LogP contribution in [0.25, 0.3) is 44.7 Å². The summed E-state index contributed by atoms with van der Waals surface area (Å²) >= 11 is 0. The summed E-state index contributed by atoms with van der Waals surface area (Å²) in [5.41, 5.74) is 6.61. The van der Waals surface area contributed by atoms with E-state index in [4.69, 9.17) is 24.2 Å². The molecule has 0 saturated carbocycles. The summed E-state index contributed by atoms with van der Waals surface area (Å²) in [6, 6.07) is 13.7. The molecular weight excluding hydrogens is 807 g/mol. The Morgan fingerprint density at radius 1 is 0.806 bits per heavy atom. The molecule has 1 unspecified atom stereocenters. The molecule has 8 rings (SSSR count). The third-order valence-corrected chi connectivity index (χ3v) is 15.2. The maximum atomic E-state index is 14.0. The number of aromatic amines is 2. The molecule has 4 N–H and O–H groups in total. The number of H-pyrrole nitrogens is 2. The first-order valence-corrected chi connectivity index (χ1v) is 24.9. The fraction of sp³-hybridized carbons (Fsp3) is 0.467. The van der Waals surface area contributed by atoms with E-state index >= 15 is 0 Å². The maximum Gasteiger partial charge on any atom is 0.407 e. The highest BCUT2D eigenvalue weighted by Gasteiger charge is 2.46. The van der Waals surface area contributed by atoms with Gasteiger partial charge in [-0.15, -0.1) is 0 Å². The average molecular weight is 864 g/mol. The monoisotopic (exact) mass is 863 g/mol. The lowest BCUT2D eigenvalue weighted by Crippen LogP contribution is -2.52. The number of carbonyl (C=O) groups is 4. The van der Waals surface area contributed by atoms with Crippen LogP contribution in [0.4, 0.5) is 9.59 Å². The van der Waals surface area contributed by atoms with Crippen LogP contribution in [0.2, 0.25) is 19.1 Å². The second kappa shape index (κ2) is 16.6. The van der Waals surface area contributed by atoms with Crippen molar-refractivity contribution in [2.45, 2.75) is 97.0 Å². The molecule has 62 heavy (non-hydrogen) atoms. The van der Waals surface area contributed by atoms with Gasteiger partial charge < -0.3 is 49.2 Å². The molecule has 0 radical (unpaired) electrons. The molecule has 5 aromatic rings. The normalized spacial score (nSPS) is 20.1. The zero-order chi connectivity index (χ0) is 44.2. The third-order valence-electron chi connectivity index (χ3n) is 12.5. The summed E-state index contributed by atoms with van der Waals surface area (Å²) in [7, 11) is 0.810. The number of ether oxygens (including phenoxy) is 3. The van der Waals surface area contributed by atoms with Gasteiger partial charge in [0.1, 0.15) is 29.5 Å². The molecule has 2 aromatic carbocycles. The molecule has 3 aliphatic rings. The van der Waals surface area contributed by atoms with Crippen LogP contribution in [0.1, 0.15) is 77.4 Å². The van der Waals surface area contributed by atoms with E-state index in [9.17, 15) is 19.2 Å². The highest BCUT2D eigenvalue weighted by Crippen LogP contribution is 2.45. The molecular formula is C45H57N9O7Si. The van der Waals surface area contributed by atoms with Gasteiger partial charge in [0, 0.05) is 34.8 Å². The van der Waals surface area contributed by atoms with Crippen LogP contribution in [0, 0.1) is 11.8 Å². The fourth-order valence-electron chi connectivity index (χ4n) is 9.36. The Balaban J connectivity index is 1.03. The van der Waals surface area contributed by atoms with Crippen molar-refractivity contribution in [3.63, 3.8) is 0 Å². The highest BCUT2D eigenvalue weighted by molar-refractivity contribution is 6.78. The lowest BCUT2D eigenvalue weighted by atomic mass is 10.0. The molecule has 0 aliphatic carbocycles. The minimum atomic E-state index is -1.78. The van der Waals surface area contributed by atoms with Gasteiger partial charge in [-0.1, -0.05) is 52.9 Å². The quantitative estimate of drug-likeness (QED) is 0.103. The van der Waals surface area contributed by atoms with Crippen molar-refractivity contribution in [2.75, 3.05) is 26.9 Å². The van der Waals surface area contributed by atoms with Crippen LogP contribution in [0.5, 0.6) is 5.75 Å². The smallest absolute Gasteiger partial charge is 0.407 e. The van der Waals surface area contributed by atoms with Gasteiger partial charge in [0.2, 0.25) is 11.8 Å². The van der Waals surface area contributed by atoms with Gasteiger partial charge in [0.25, 0.3) is 0 Å². The van der Waals surface area contributed by atoms with Crippen molar-refractivity contribution in [1.82, 2.24) is 44.9 Å². The van der Waals surface area contributed by atoms with Gasteiger partial charge in [-0.05, 0) is 68.0 Å². The van der Waals surface area contributed by atoms with Crippen molar-refractivity contribution in [3.8, 4) is 39.5 Å². The largest absolute Gasteiger partial charge is 0.470 e. The molecule has 5 atom stereocenters. The van der Waals surface area contributed by atoms with Gasteiger partial charge in [-0.2, -0.15) is 0 Å². The summed E-state index contributed by atoms with van der Waals surface area (Å²) < 4.78 is 18.4. The summed E-state index contributed by atoms with van der Waals surface area (Å²) in [5, 5.41) is 6.51. The van der Waals surface area contributed by atoms with E-state index < -0.39 is 32.3 Å². The Morgan fingerprint density at radius 3 is 2.00 bits per heavy atom. The third kappa shape index (κ3) is 7.93. The Hall–Kier alpha value is -6.10. The summed E-state index contributed by atoms with van der Waals surface area (Å²) in [6.45, 7) is 14.8. The number of aromatic nitrogens is 5. The van der Waals surface area contributed by atoms with Gasteiger partial charge >= 0.3 is 12.2 Å². The van der Waals surface area contributed by atoms with Crippen molar-refractivity contribution in [3.05, 3.63) is 66.5 Å². The van der Waals surface area contributed by atoms with Crippen LogP contribution in [-0.4, -0.2) is 105 Å². The van der Waals surface area contributed by atoms with Gasteiger partial charge in [0.15, 0.2) is 6.23 Å². The second-order valence-electron chi connectivity index (χ2n) is 18.2.